The molecule has 20 heavy (non-hydrogen) atoms. The summed E-state index contributed by atoms with van der Waals surface area (Å²) in [5.74, 6) is 0. The van der Waals surface area contributed by atoms with E-state index in [1.807, 2.05) is 29.2 Å². The Morgan fingerprint density at radius 3 is 2.70 bits per heavy atom. The fourth-order valence-corrected chi connectivity index (χ4v) is 3.30. The van der Waals surface area contributed by atoms with Gasteiger partial charge in [-0.25, -0.2) is 4.79 Å². The summed E-state index contributed by atoms with van der Waals surface area (Å²) < 4.78 is 0. The zero-order chi connectivity index (χ0) is 13.9. The standard InChI is InChI=1S/C16H23N3O/c17-14-10-11-19(15-9-5-4-8-13(14)15)16(20)18-12-6-2-1-3-7-12/h4-5,8-9,12,14H,1-3,6-7,10-11,17H2,(H,18,20). The molecule has 3 rings (SSSR count). The summed E-state index contributed by atoms with van der Waals surface area (Å²) in [6.45, 7) is 0.705. The van der Waals surface area contributed by atoms with E-state index < -0.39 is 0 Å². The van der Waals surface area contributed by atoms with E-state index in [1.165, 1.54) is 19.3 Å². The first-order chi connectivity index (χ1) is 9.75. The quantitative estimate of drug-likeness (QED) is 0.826. The second-order valence-corrected chi connectivity index (χ2v) is 5.89. The lowest BCUT2D eigenvalue weighted by Crippen LogP contribution is -2.48. The van der Waals surface area contributed by atoms with E-state index in [2.05, 4.69) is 5.32 Å². The van der Waals surface area contributed by atoms with Gasteiger partial charge in [-0.05, 0) is 30.9 Å². The van der Waals surface area contributed by atoms with Crippen LogP contribution in [-0.4, -0.2) is 18.6 Å². The van der Waals surface area contributed by atoms with Crippen LogP contribution in [-0.2, 0) is 0 Å². The number of para-hydroxylation sites is 1. The van der Waals surface area contributed by atoms with Crippen molar-refractivity contribution in [3.05, 3.63) is 29.8 Å². The first-order valence-electron chi connectivity index (χ1n) is 7.68. The normalized spacial score (nSPS) is 23.2. The molecular weight excluding hydrogens is 250 g/mol. The van der Waals surface area contributed by atoms with E-state index >= 15 is 0 Å². The highest BCUT2D eigenvalue weighted by atomic mass is 16.2. The molecule has 1 aliphatic carbocycles. The average Bonchev–Trinajstić information content (AvgIpc) is 2.49. The maximum atomic E-state index is 12.5. The largest absolute Gasteiger partial charge is 0.335 e. The van der Waals surface area contributed by atoms with E-state index in [4.69, 9.17) is 5.73 Å². The summed E-state index contributed by atoms with van der Waals surface area (Å²) in [6, 6.07) is 8.41. The average molecular weight is 273 g/mol. The zero-order valence-corrected chi connectivity index (χ0v) is 11.8. The van der Waals surface area contributed by atoms with Gasteiger partial charge in [0.2, 0.25) is 0 Å². The van der Waals surface area contributed by atoms with Gasteiger partial charge in [-0.3, -0.25) is 4.90 Å². The number of nitrogens with zero attached hydrogens (tertiary/aromatic N) is 1. The van der Waals surface area contributed by atoms with Crippen LogP contribution >= 0.6 is 0 Å². The Balaban J connectivity index is 1.73. The molecule has 1 heterocycles. The third-order valence-corrected chi connectivity index (χ3v) is 4.47. The highest BCUT2D eigenvalue weighted by Crippen LogP contribution is 2.32. The lowest BCUT2D eigenvalue weighted by atomic mass is 9.95. The molecule has 1 unspecified atom stereocenters. The number of urea groups is 1. The van der Waals surface area contributed by atoms with Crippen molar-refractivity contribution in [3.8, 4) is 0 Å². The lowest BCUT2D eigenvalue weighted by Gasteiger charge is -2.34. The Morgan fingerprint density at radius 2 is 1.90 bits per heavy atom. The predicted octanol–water partition coefficient (Wildman–Crippen LogP) is 2.94. The topological polar surface area (TPSA) is 58.4 Å². The Bertz CT molecular complexity index is 482. The van der Waals surface area contributed by atoms with Crippen LogP contribution in [0.1, 0.15) is 50.1 Å². The highest BCUT2D eigenvalue weighted by Gasteiger charge is 2.27. The number of carbonyl (C=O) groups is 1. The molecule has 1 aromatic carbocycles. The molecule has 1 aromatic rings. The van der Waals surface area contributed by atoms with E-state index in [1.54, 1.807) is 0 Å². The summed E-state index contributed by atoms with van der Waals surface area (Å²) in [6.07, 6.45) is 6.81. The molecule has 1 fully saturated rings. The van der Waals surface area contributed by atoms with Crippen LogP contribution in [0.15, 0.2) is 24.3 Å². The summed E-state index contributed by atoms with van der Waals surface area (Å²) in [4.78, 5) is 14.4. The van der Waals surface area contributed by atoms with Crippen molar-refractivity contribution in [2.24, 2.45) is 5.73 Å². The minimum absolute atomic E-state index is 0.0382. The van der Waals surface area contributed by atoms with Gasteiger partial charge >= 0.3 is 6.03 Å². The lowest BCUT2D eigenvalue weighted by molar-refractivity contribution is 0.237. The molecule has 1 saturated carbocycles. The van der Waals surface area contributed by atoms with Crippen molar-refractivity contribution in [3.63, 3.8) is 0 Å². The third kappa shape index (κ3) is 2.66. The smallest absolute Gasteiger partial charge is 0.322 e. The van der Waals surface area contributed by atoms with Gasteiger partial charge in [-0.15, -0.1) is 0 Å². The Kier molecular flexibility index (Phi) is 3.92. The molecule has 0 aromatic heterocycles. The summed E-state index contributed by atoms with van der Waals surface area (Å²) in [7, 11) is 0. The number of nitrogens with one attached hydrogen (secondary N) is 1. The number of carbonyl (C=O) groups excluding carboxylic acids is 1. The van der Waals surface area contributed by atoms with Crippen molar-refractivity contribution in [2.75, 3.05) is 11.4 Å². The molecule has 1 atom stereocenters. The SMILES string of the molecule is NC1CCN(C(=O)NC2CCCCC2)c2ccccc21. The van der Waals surface area contributed by atoms with Gasteiger partial charge in [0.1, 0.15) is 0 Å². The molecular formula is C16H23N3O. The molecule has 0 bridgehead atoms. The minimum atomic E-state index is 0.0382. The van der Waals surface area contributed by atoms with Crippen LogP contribution in [0.4, 0.5) is 10.5 Å². The molecule has 0 radical (unpaired) electrons. The number of nitrogens with two attached hydrogens (primary N) is 1. The second kappa shape index (κ2) is 5.83. The maximum absolute atomic E-state index is 12.5. The predicted molar refractivity (Wildman–Crippen MR) is 80.7 cm³/mol. The van der Waals surface area contributed by atoms with E-state index in [-0.39, 0.29) is 12.1 Å². The van der Waals surface area contributed by atoms with Crippen molar-refractivity contribution in [1.82, 2.24) is 5.32 Å². The van der Waals surface area contributed by atoms with Gasteiger partial charge in [-0.1, -0.05) is 37.5 Å². The Hall–Kier alpha value is -1.55. The third-order valence-electron chi connectivity index (χ3n) is 4.47. The molecule has 108 valence electrons. The van der Waals surface area contributed by atoms with Crippen molar-refractivity contribution in [1.29, 1.82) is 0 Å². The molecule has 4 nitrogen and oxygen atoms in total. The molecule has 0 spiro atoms. The van der Waals surface area contributed by atoms with E-state index in [9.17, 15) is 4.79 Å². The molecule has 1 aliphatic heterocycles. The number of hydrogen-bond donors (Lipinski definition) is 2. The van der Waals surface area contributed by atoms with E-state index in [0.717, 1.165) is 30.5 Å². The van der Waals surface area contributed by atoms with Crippen LogP contribution in [0, 0.1) is 0 Å². The van der Waals surface area contributed by atoms with Gasteiger partial charge in [0.05, 0.1) is 5.69 Å². The Morgan fingerprint density at radius 1 is 1.15 bits per heavy atom. The van der Waals surface area contributed by atoms with Gasteiger partial charge in [-0.2, -0.15) is 0 Å². The molecule has 4 heteroatoms. The number of amides is 2. The van der Waals surface area contributed by atoms with Gasteiger partial charge in [0.25, 0.3) is 0 Å². The van der Waals surface area contributed by atoms with Crippen LogP contribution in [0.25, 0.3) is 0 Å². The maximum Gasteiger partial charge on any atom is 0.322 e. The molecule has 3 N–H and O–H groups in total. The molecule has 0 saturated heterocycles. The van der Waals surface area contributed by atoms with Crippen molar-refractivity contribution in [2.45, 2.75) is 50.6 Å². The molecule has 2 aliphatic rings. The van der Waals surface area contributed by atoms with Crippen LogP contribution in [0.5, 0.6) is 0 Å². The number of hydrogen-bond acceptors (Lipinski definition) is 2. The first kappa shape index (κ1) is 13.4. The van der Waals surface area contributed by atoms with Gasteiger partial charge in [0, 0.05) is 18.6 Å². The number of anilines is 1. The molecule has 2 amide bonds. The van der Waals surface area contributed by atoms with Crippen molar-refractivity contribution < 1.29 is 4.79 Å². The summed E-state index contributed by atoms with van der Waals surface area (Å²) in [5, 5.41) is 3.19. The first-order valence-corrected chi connectivity index (χ1v) is 7.68. The monoisotopic (exact) mass is 273 g/mol. The van der Waals surface area contributed by atoms with Crippen molar-refractivity contribution >= 4 is 11.7 Å². The fraction of sp³-hybridized carbons (Fsp3) is 0.562. The van der Waals surface area contributed by atoms with Crippen LogP contribution in [0.3, 0.4) is 0 Å². The number of rotatable bonds is 1. The van der Waals surface area contributed by atoms with Gasteiger partial charge < -0.3 is 11.1 Å². The second-order valence-electron chi connectivity index (χ2n) is 5.89. The number of benzene rings is 1. The minimum Gasteiger partial charge on any atom is -0.335 e. The summed E-state index contributed by atoms with van der Waals surface area (Å²) in [5.41, 5.74) is 8.19. The highest BCUT2D eigenvalue weighted by molar-refractivity contribution is 5.93. The van der Waals surface area contributed by atoms with Crippen LogP contribution < -0.4 is 16.0 Å². The fourth-order valence-electron chi connectivity index (χ4n) is 3.30. The zero-order valence-electron chi connectivity index (χ0n) is 11.8. The van der Waals surface area contributed by atoms with Crippen LogP contribution in [0.2, 0.25) is 0 Å². The number of fused-ring (bicyclic) bond motifs is 1. The van der Waals surface area contributed by atoms with E-state index in [0.29, 0.717) is 12.6 Å². The van der Waals surface area contributed by atoms with Gasteiger partial charge in [0.15, 0.2) is 0 Å². The summed E-state index contributed by atoms with van der Waals surface area (Å²) >= 11 is 0. The Labute approximate surface area is 120 Å².